The zero-order chi connectivity index (χ0) is 21.7. The molecule has 0 unspecified atom stereocenters. The predicted octanol–water partition coefficient (Wildman–Crippen LogP) is -0.0365. The van der Waals surface area contributed by atoms with E-state index in [9.17, 15) is 29.4 Å². The number of Topliss-reactive ketones (excluding diaryl/α,β-unsaturated/α-hetero) is 2. The summed E-state index contributed by atoms with van der Waals surface area (Å²) in [7, 11) is 0. The number of rotatable bonds is 13. The first-order valence-electron chi connectivity index (χ1n) is 8.92. The molecule has 0 aromatic rings. The Morgan fingerprint density at radius 3 is 1.30 bits per heavy atom. The van der Waals surface area contributed by atoms with Crippen LogP contribution in [0.4, 0.5) is 0 Å². The van der Waals surface area contributed by atoms with Gasteiger partial charge in [0, 0.05) is 24.8 Å². The molecule has 0 saturated heterocycles. The molecule has 9 heteroatoms. The van der Waals surface area contributed by atoms with Crippen LogP contribution in [0.25, 0.3) is 0 Å². The molecule has 0 spiro atoms. The van der Waals surface area contributed by atoms with Gasteiger partial charge in [0.1, 0.15) is 11.6 Å². The second kappa shape index (κ2) is 22.9. The summed E-state index contributed by atoms with van der Waals surface area (Å²) in [5, 5.41) is 19.0. The Balaban J connectivity index is -0.000000350. The molecule has 0 fully saturated rings. The van der Waals surface area contributed by atoms with Crippen LogP contribution in [0.2, 0.25) is 4.98 Å². The van der Waals surface area contributed by atoms with Crippen LogP contribution in [0.5, 0.6) is 0 Å². The Morgan fingerprint density at radius 1 is 0.815 bits per heavy atom. The Hall–Kier alpha value is -1.16. The van der Waals surface area contributed by atoms with E-state index >= 15 is 0 Å². The summed E-state index contributed by atoms with van der Waals surface area (Å²) in [6.45, 7) is 8.44. The van der Waals surface area contributed by atoms with Gasteiger partial charge in [0.15, 0.2) is 0 Å². The Kier molecular flexibility index (Phi) is 25.9. The minimum absolute atomic E-state index is 0.0538. The number of ketones is 2. The van der Waals surface area contributed by atoms with Gasteiger partial charge in [0.2, 0.25) is 0 Å². The van der Waals surface area contributed by atoms with Gasteiger partial charge in [-0.3, -0.25) is 9.59 Å². The van der Waals surface area contributed by atoms with Crippen molar-refractivity contribution in [2.24, 2.45) is 0 Å². The van der Waals surface area contributed by atoms with Crippen molar-refractivity contribution in [2.75, 3.05) is 13.2 Å². The summed E-state index contributed by atoms with van der Waals surface area (Å²) in [6.07, 6.45) is 3.77. The van der Waals surface area contributed by atoms with Gasteiger partial charge in [-0.1, -0.05) is 0 Å². The van der Waals surface area contributed by atoms with E-state index in [2.05, 4.69) is 13.8 Å². The first kappa shape index (κ1) is 30.6. The van der Waals surface area contributed by atoms with Gasteiger partial charge in [-0.25, -0.2) is 0 Å². The number of carbonyl (C=O) groups is 4. The van der Waals surface area contributed by atoms with Crippen LogP contribution in [-0.4, -0.2) is 61.6 Å². The zero-order valence-electron chi connectivity index (χ0n) is 16.8. The number of carbonyl (C=O) groups excluding carboxylic acids is 4. The molecule has 8 nitrogen and oxygen atoms in total. The predicted molar refractivity (Wildman–Crippen MR) is 96.7 cm³/mol. The van der Waals surface area contributed by atoms with E-state index in [1.165, 1.54) is 26.7 Å². The topological polar surface area (TPSA) is 133 Å². The molecule has 0 aliphatic heterocycles. The van der Waals surface area contributed by atoms with Crippen molar-refractivity contribution in [1.82, 2.24) is 0 Å². The van der Waals surface area contributed by atoms with Crippen molar-refractivity contribution < 1.29 is 38.9 Å². The molecule has 0 atom stereocenters. The third kappa shape index (κ3) is 36.5. The molecule has 0 N–H and O–H groups in total. The summed E-state index contributed by atoms with van der Waals surface area (Å²) in [5.74, 6) is -3.37. The summed E-state index contributed by atoms with van der Waals surface area (Å²) >= 11 is 1.68. The van der Waals surface area contributed by atoms with Crippen LogP contribution < -0.4 is 10.2 Å². The van der Waals surface area contributed by atoms with Crippen LogP contribution in [-0.2, 0) is 28.7 Å². The van der Waals surface area contributed by atoms with E-state index < -0.39 is 24.8 Å². The molecule has 0 bridgehead atoms. The van der Waals surface area contributed by atoms with Crippen molar-refractivity contribution >= 4 is 42.1 Å². The van der Waals surface area contributed by atoms with E-state index in [0.717, 1.165) is 31.0 Å². The van der Waals surface area contributed by atoms with E-state index in [4.69, 9.17) is 9.47 Å². The van der Waals surface area contributed by atoms with Gasteiger partial charge >= 0.3 is 92.1 Å². The Morgan fingerprint density at radius 2 is 1.15 bits per heavy atom. The number of carboxylic acid groups (broad SMARTS) is 2. The second-order valence-corrected chi connectivity index (χ2v) is 6.60. The van der Waals surface area contributed by atoms with Crippen LogP contribution in [0.15, 0.2) is 0 Å². The standard InChI is InChI=1S/C10H21O2.2C4H6O3.Ga/c1-4-6-8-11-10(3)12-9-7-5-2;2*1-3(5)2-4(6)7;/h10H,3-9H2,1-2H3;2*2H2,1H3,(H,6,7);/q;;;+2/p-2. The summed E-state index contributed by atoms with van der Waals surface area (Å²) < 4.78 is 11.1. The third-order valence-corrected chi connectivity index (χ3v) is 3.39. The van der Waals surface area contributed by atoms with Gasteiger partial charge in [-0.05, 0) is 13.8 Å². The average Bonchev–Trinajstić information content (AvgIpc) is 2.52. The van der Waals surface area contributed by atoms with Crippen LogP contribution >= 0.6 is 0 Å². The fourth-order valence-corrected chi connectivity index (χ4v) is 1.88. The number of hydrogen-bond acceptors (Lipinski definition) is 8. The number of ether oxygens (including phenoxy) is 2. The fraction of sp³-hybridized carbons (Fsp3) is 0.778. The second-order valence-electron chi connectivity index (χ2n) is 5.62. The quantitative estimate of drug-likeness (QED) is 0.167. The van der Waals surface area contributed by atoms with Crippen LogP contribution in [0.3, 0.4) is 0 Å². The molecule has 0 amide bonds. The fourth-order valence-electron chi connectivity index (χ4n) is 1.31. The number of unbranched alkanes of at least 4 members (excludes halogenated alkanes) is 2. The average molecular weight is 445 g/mol. The zero-order valence-corrected chi connectivity index (χ0v) is 19.2. The van der Waals surface area contributed by atoms with E-state index in [-0.39, 0.29) is 17.9 Å². The maximum atomic E-state index is 9.83. The van der Waals surface area contributed by atoms with Crippen LogP contribution in [0.1, 0.15) is 66.2 Å². The van der Waals surface area contributed by atoms with Gasteiger partial charge in [-0.15, -0.1) is 0 Å². The number of carboxylic acids is 2. The van der Waals surface area contributed by atoms with Crippen molar-refractivity contribution in [3.05, 3.63) is 0 Å². The monoisotopic (exact) mass is 444 g/mol. The van der Waals surface area contributed by atoms with Gasteiger partial charge in [0.05, 0.1) is 0 Å². The van der Waals surface area contributed by atoms with Gasteiger partial charge in [0.25, 0.3) is 0 Å². The molecule has 0 aliphatic rings. The Bertz CT molecular complexity index is 352. The molecule has 0 aromatic carbocycles. The van der Waals surface area contributed by atoms with Crippen molar-refractivity contribution in [2.45, 2.75) is 77.5 Å². The maximum absolute atomic E-state index is 9.83. The van der Waals surface area contributed by atoms with Crippen molar-refractivity contribution in [3.8, 4) is 0 Å². The number of aliphatic carboxylic acids is 2. The molecule has 0 saturated carbocycles. The molecular weight excluding hydrogens is 414 g/mol. The van der Waals surface area contributed by atoms with E-state index in [0.29, 0.717) is 0 Å². The van der Waals surface area contributed by atoms with Gasteiger partial charge in [-0.2, -0.15) is 0 Å². The Labute approximate surface area is 171 Å². The molecule has 27 heavy (non-hydrogen) atoms. The first-order valence-corrected chi connectivity index (χ1v) is 10.6. The minimum atomic E-state index is -1.31. The first-order chi connectivity index (χ1) is 12.6. The molecule has 0 radical (unpaired) electrons. The third-order valence-electron chi connectivity index (χ3n) is 2.58. The summed E-state index contributed by atoms with van der Waals surface area (Å²) in [4.78, 5) is 39.6. The normalized spacial score (nSPS) is 9.59. The molecule has 0 aromatic heterocycles. The number of hydrogen-bond donors (Lipinski definition) is 0. The molecular formula is C18H31GaO8. The summed E-state index contributed by atoms with van der Waals surface area (Å²) in [6, 6.07) is 0. The van der Waals surface area contributed by atoms with E-state index in [1.807, 2.05) is 0 Å². The molecule has 0 rings (SSSR count). The van der Waals surface area contributed by atoms with Crippen LogP contribution in [0, 0.1) is 0 Å². The van der Waals surface area contributed by atoms with E-state index in [1.54, 1.807) is 18.6 Å². The molecule has 0 heterocycles. The molecule has 154 valence electrons. The summed E-state index contributed by atoms with van der Waals surface area (Å²) in [5.41, 5.74) is 0. The molecule has 0 aliphatic carbocycles. The van der Waals surface area contributed by atoms with Crippen molar-refractivity contribution in [3.63, 3.8) is 0 Å². The van der Waals surface area contributed by atoms with Crippen molar-refractivity contribution in [1.29, 1.82) is 0 Å². The SMILES string of the molecule is CC(=O)CC(=O)[O-].CC(=O)CC(=O)[O-].CCCCOC([CH2][Ga+2])OCCCC. The van der Waals surface area contributed by atoms with Gasteiger partial charge < -0.3 is 19.8 Å².